The van der Waals surface area contributed by atoms with Crippen LogP contribution in [0.3, 0.4) is 0 Å². The number of pyridine rings is 1. The molecule has 0 aliphatic carbocycles. The molecule has 0 radical (unpaired) electrons. The zero-order valence-electron chi connectivity index (χ0n) is 32.5. The van der Waals surface area contributed by atoms with E-state index in [9.17, 15) is 4.79 Å². The van der Waals surface area contributed by atoms with Crippen molar-refractivity contribution in [2.75, 3.05) is 110 Å². The minimum Gasteiger partial charge on any atom is -0.493 e. The number of ether oxygens (including phenoxy) is 8. The quantitative estimate of drug-likeness (QED) is 0.137. The molecule has 0 saturated carbocycles. The van der Waals surface area contributed by atoms with E-state index in [0.717, 1.165) is 17.8 Å². The number of nitrogens with one attached hydrogen (secondary N) is 1. The van der Waals surface area contributed by atoms with Gasteiger partial charge in [-0.3, -0.25) is 0 Å². The summed E-state index contributed by atoms with van der Waals surface area (Å²) in [6.45, 7) is 14.1. The maximum absolute atomic E-state index is 12.8. The lowest BCUT2D eigenvalue weighted by Crippen LogP contribution is -2.56. The maximum atomic E-state index is 12.8. The summed E-state index contributed by atoms with van der Waals surface area (Å²) in [6.07, 6.45) is 4.03. The van der Waals surface area contributed by atoms with E-state index in [1.54, 1.807) is 38.7 Å². The van der Waals surface area contributed by atoms with Crippen molar-refractivity contribution in [1.29, 1.82) is 0 Å². The number of anilines is 3. The van der Waals surface area contributed by atoms with E-state index >= 15 is 0 Å². The average molecular weight is 756 g/mol. The Kier molecular flexibility index (Phi) is 17.2. The summed E-state index contributed by atoms with van der Waals surface area (Å²) in [4.78, 5) is 30.8. The van der Waals surface area contributed by atoms with Crippen LogP contribution < -0.4 is 30.2 Å². The molecule has 16 nitrogen and oxygen atoms in total. The van der Waals surface area contributed by atoms with E-state index < -0.39 is 5.60 Å². The Morgan fingerprint density at radius 1 is 0.870 bits per heavy atom. The SMILES string of the molecule is CCC1CN(c2ccc(-c3ccnc(Nc4cc(OC)c(OC)c(OCCOCCOCCOCCOCCN)c4)n3)cn2)CCN1C(=O)OC(C)(C)C. The van der Waals surface area contributed by atoms with Crippen molar-refractivity contribution in [2.24, 2.45) is 5.73 Å². The maximum Gasteiger partial charge on any atom is 0.410 e. The Morgan fingerprint density at radius 3 is 2.13 bits per heavy atom. The third kappa shape index (κ3) is 13.4. The van der Waals surface area contributed by atoms with Crippen LogP contribution in [0.1, 0.15) is 34.1 Å². The number of amides is 1. The summed E-state index contributed by atoms with van der Waals surface area (Å²) in [7, 11) is 3.12. The highest BCUT2D eigenvalue weighted by atomic mass is 16.6. The second kappa shape index (κ2) is 22.0. The second-order valence-electron chi connectivity index (χ2n) is 13.3. The molecule has 2 aromatic heterocycles. The van der Waals surface area contributed by atoms with Crippen LogP contribution in [-0.2, 0) is 23.7 Å². The summed E-state index contributed by atoms with van der Waals surface area (Å²) < 4.78 is 44.7. The predicted molar refractivity (Wildman–Crippen MR) is 205 cm³/mol. The molecule has 1 amide bonds. The number of benzene rings is 1. The van der Waals surface area contributed by atoms with Crippen LogP contribution in [0.2, 0.25) is 0 Å². The van der Waals surface area contributed by atoms with Crippen LogP contribution in [-0.4, -0.2) is 137 Å². The van der Waals surface area contributed by atoms with Crippen LogP contribution in [0.25, 0.3) is 11.3 Å². The Balaban J connectivity index is 1.29. The zero-order chi connectivity index (χ0) is 38.8. The Morgan fingerprint density at radius 2 is 1.54 bits per heavy atom. The smallest absolute Gasteiger partial charge is 0.410 e. The lowest BCUT2D eigenvalue weighted by atomic mass is 10.1. The summed E-state index contributed by atoms with van der Waals surface area (Å²) >= 11 is 0. The largest absolute Gasteiger partial charge is 0.493 e. The minimum atomic E-state index is -0.537. The summed E-state index contributed by atoms with van der Waals surface area (Å²) in [5.74, 6) is 2.63. The number of nitrogens with two attached hydrogens (primary N) is 1. The molecule has 16 heteroatoms. The van der Waals surface area contributed by atoms with Gasteiger partial charge in [0.1, 0.15) is 18.0 Å². The Hall–Kier alpha value is -4.48. The first-order chi connectivity index (χ1) is 26.1. The predicted octanol–water partition coefficient (Wildman–Crippen LogP) is 4.54. The van der Waals surface area contributed by atoms with Gasteiger partial charge in [0.25, 0.3) is 0 Å². The molecule has 1 saturated heterocycles. The van der Waals surface area contributed by atoms with Gasteiger partial charge in [0, 0.05) is 62.0 Å². The van der Waals surface area contributed by atoms with Gasteiger partial charge in [0.05, 0.1) is 78.8 Å². The zero-order valence-corrected chi connectivity index (χ0v) is 32.5. The fourth-order valence-electron chi connectivity index (χ4n) is 5.57. The first kappa shape index (κ1) is 42.3. The minimum absolute atomic E-state index is 0.0293. The molecular formula is C38H57N7O9. The number of hydrogen-bond donors (Lipinski definition) is 2. The van der Waals surface area contributed by atoms with Gasteiger partial charge in [-0.2, -0.15) is 0 Å². The third-order valence-electron chi connectivity index (χ3n) is 8.17. The molecular weight excluding hydrogens is 698 g/mol. The fraction of sp³-hybridized carbons (Fsp3) is 0.579. The first-order valence-electron chi connectivity index (χ1n) is 18.4. The molecule has 1 fully saturated rings. The van der Waals surface area contributed by atoms with E-state index in [4.69, 9.17) is 53.6 Å². The molecule has 0 bridgehead atoms. The summed E-state index contributed by atoms with van der Waals surface area (Å²) in [5.41, 5.74) is 7.02. The van der Waals surface area contributed by atoms with Crippen LogP contribution in [0, 0.1) is 0 Å². The van der Waals surface area contributed by atoms with Crippen molar-refractivity contribution < 1.29 is 42.7 Å². The molecule has 1 aliphatic heterocycles. The van der Waals surface area contributed by atoms with E-state index in [1.807, 2.05) is 43.9 Å². The molecule has 54 heavy (non-hydrogen) atoms. The average Bonchev–Trinajstić information content (AvgIpc) is 3.17. The highest BCUT2D eigenvalue weighted by Gasteiger charge is 2.32. The lowest BCUT2D eigenvalue weighted by molar-refractivity contribution is -0.00394. The van der Waals surface area contributed by atoms with Crippen LogP contribution in [0.5, 0.6) is 17.2 Å². The molecule has 1 aliphatic rings. The number of aromatic nitrogens is 3. The van der Waals surface area contributed by atoms with Crippen molar-refractivity contribution >= 4 is 23.5 Å². The lowest BCUT2D eigenvalue weighted by Gasteiger charge is -2.41. The van der Waals surface area contributed by atoms with E-state index in [2.05, 4.69) is 22.1 Å². The number of carbonyl (C=O) groups is 1. The van der Waals surface area contributed by atoms with Gasteiger partial charge in [0.15, 0.2) is 11.5 Å². The molecule has 3 aromatic rings. The molecule has 0 spiro atoms. The third-order valence-corrected chi connectivity index (χ3v) is 8.17. The van der Waals surface area contributed by atoms with Crippen molar-refractivity contribution in [3.05, 3.63) is 42.7 Å². The molecule has 1 aromatic carbocycles. The molecule has 3 heterocycles. The van der Waals surface area contributed by atoms with Crippen LogP contribution >= 0.6 is 0 Å². The van der Waals surface area contributed by atoms with Crippen LogP contribution in [0.4, 0.5) is 22.2 Å². The van der Waals surface area contributed by atoms with Gasteiger partial charge in [-0.1, -0.05) is 6.92 Å². The number of rotatable bonds is 22. The van der Waals surface area contributed by atoms with E-state index in [0.29, 0.717) is 114 Å². The number of piperazine rings is 1. The second-order valence-corrected chi connectivity index (χ2v) is 13.3. The summed E-state index contributed by atoms with van der Waals surface area (Å²) in [5, 5.41) is 3.26. The first-order valence-corrected chi connectivity index (χ1v) is 18.4. The van der Waals surface area contributed by atoms with Crippen molar-refractivity contribution in [2.45, 2.75) is 45.8 Å². The Bertz CT molecular complexity index is 1560. The van der Waals surface area contributed by atoms with Gasteiger partial charge in [0.2, 0.25) is 11.7 Å². The van der Waals surface area contributed by atoms with E-state index in [1.165, 1.54) is 0 Å². The molecule has 1 atom stereocenters. The number of nitrogens with zero attached hydrogens (tertiary/aromatic N) is 5. The monoisotopic (exact) mass is 755 g/mol. The van der Waals surface area contributed by atoms with Crippen LogP contribution in [0.15, 0.2) is 42.7 Å². The van der Waals surface area contributed by atoms with Crippen molar-refractivity contribution in [3.8, 4) is 28.5 Å². The molecule has 4 rings (SSSR count). The summed E-state index contributed by atoms with van der Waals surface area (Å²) in [6, 6.07) is 9.41. The highest BCUT2D eigenvalue weighted by molar-refractivity contribution is 5.70. The normalized spacial score (nSPS) is 14.5. The number of methoxy groups -OCH3 is 2. The number of hydrogen-bond acceptors (Lipinski definition) is 15. The van der Waals surface area contributed by atoms with Crippen molar-refractivity contribution in [1.82, 2.24) is 19.9 Å². The van der Waals surface area contributed by atoms with Gasteiger partial charge < -0.3 is 58.7 Å². The van der Waals surface area contributed by atoms with Gasteiger partial charge in [-0.05, 0) is 45.4 Å². The van der Waals surface area contributed by atoms with E-state index in [-0.39, 0.29) is 18.7 Å². The van der Waals surface area contributed by atoms with Gasteiger partial charge in [-0.15, -0.1) is 0 Å². The van der Waals surface area contributed by atoms with Crippen molar-refractivity contribution in [3.63, 3.8) is 0 Å². The number of carbonyl (C=O) groups excluding carboxylic acids is 1. The van der Waals surface area contributed by atoms with Gasteiger partial charge >= 0.3 is 6.09 Å². The topological polar surface area (TPSA) is 174 Å². The molecule has 3 N–H and O–H groups in total. The standard InChI is InChI=1S/C38H57N7O9/c1-7-30-27-44(13-14-45(30)37(46)54-38(2,3)4)34-9-8-28(26-41-34)31-10-12-40-36(43-31)42-29-24-32(47-5)35(48-6)33(25-29)53-23-22-52-21-20-51-19-18-50-17-16-49-15-11-39/h8-10,12,24-26,30H,7,11,13-23,27,39H2,1-6H3,(H,40,42,43). The Labute approximate surface area is 318 Å². The van der Waals surface area contributed by atoms with Gasteiger partial charge in [-0.25, -0.2) is 19.7 Å². The fourth-order valence-corrected chi connectivity index (χ4v) is 5.57. The molecule has 1 unspecified atom stereocenters. The molecule has 298 valence electrons. The highest BCUT2D eigenvalue weighted by Crippen LogP contribution is 2.40.